The number of fused-ring (bicyclic) bond motifs is 1. The average molecular weight is 185 g/mol. The second kappa shape index (κ2) is 3.92. The average Bonchev–Trinajstić information content (AvgIpc) is 2.63. The molecule has 14 heavy (non-hydrogen) atoms. The molecule has 0 bridgehead atoms. The molecular formula is C12H11NO. The van der Waals surface area contributed by atoms with E-state index >= 15 is 0 Å². The highest BCUT2D eigenvalue weighted by atomic mass is 16.1. The van der Waals surface area contributed by atoms with Gasteiger partial charge in [-0.15, -0.1) is 0 Å². The summed E-state index contributed by atoms with van der Waals surface area (Å²) in [5, 5.41) is 1.23. The zero-order valence-corrected chi connectivity index (χ0v) is 7.73. The minimum Gasteiger partial charge on any atom is -0.361 e. The van der Waals surface area contributed by atoms with Gasteiger partial charge in [0, 0.05) is 17.1 Å². The number of hydrogen-bond donors (Lipinski definition) is 1. The molecule has 1 N–H and O–H groups in total. The molecule has 0 aliphatic carbocycles. The molecule has 0 spiro atoms. The second-order valence-electron chi connectivity index (χ2n) is 3.13. The lowest BCUT2D eigenvalue weighted by molar-refractivity contribution is -0.104. The number of rotatable bonds is 3. The van der Waals surface area contributed by atoms with E-state index in [1.807, 2.05) is 30.5 Å². The Balaban J connectivity index is 2.33. The molecule has 1 heterocycles. The molecular weight excluding hydrogens is 174 g/mol. The van der Waals surface area contributed by atoms with Crippen LogP contribution in [0.3, 0.4) is 0 Å². The third-order valence-corrected chi connectivity index (χ3v) is 2.23. The lowest BCUT2D eigenvalue weighted by atomic mass is 10.1. The van der Waals surface area contributed by atoms with E-state index in [0.717, 1.165) is 18.2 Å². The molecule has 0 aliphatic rings. The van der Waals surface area contributed by atoms with E-state index in [2.05, 4.69) is 11.1 Å². The maximum Gasteiger partial charge on any atom is 0.142 e. The van der Waals surface area contributed by atoms with Gasteiger partial charge in [-0.2, -0.15) is 0 Å². The van der Waals surface area contributed by atoms with Gasteiger partial charge < -0.3 is 4.98 Å². The monoisotopic (exact) mass is 185 g/mol. The van der Waals surface area contributed by atoms with E-state index in [-0.39, 0.29) is 0 Å². The number of para-hydroxylation sites is 1. The van der Waals surface area contributed by atoms with Crippen LogP contribution in [0.4, 0.5) is 0 Å². The van der Waals surface area contributed by atoms with Gasteiger partial charge in [0.15, 0.2) is 0 Å². The topological polar surface area (TPSA) is 32.9 Å². The zero-order chi connectivity index (χ0) is 9.80. The maximum absolute atomic E-state index is 10.1. The lowest BCUT2D eigenvalue weighted by Crippen LogP contribution is -1.77. The van der Waals surface area contributed by atoms with E-state index in [1.165, 1.54) is 17.0 Å². The van der Waals surface area contributed by atoms with Crippen molar-refractivity contribution in [2.24, 2.45) is 0 Å². The minimum absolute atomic E-state index is 0.794. The van der Waals surface area contributed by atoms with Crippen LogP contribution in [0.5, 0.6) is 0 Å². The van der Waals surface area contributed by atoms with Gasteiger partial charge in [-0.3, -0.25) is 4.79 Å². The molecule has 2 rings (SSSR count). The van der Waals surface area contributed by atoms with Crippen LogP contribution in [0.25, 0.3) is 10.9 Å². The molecule has 2 aromatic rings. The summed E-state index contributed by atoms with van der Waals surface area (Å²) in [5.74, 6) is 0. The van der Waals surface area contributed by atoms with Gasteiger partial charge in [0.1, 0.15) is 6.29 Å². The first-order valence-corrected chi connectivity index (χ1v) is 4.57. The van der Waals surface area contributed by atoms with Crippen LogP contribution in [0.2, 0.25) is 0 Å². The van der Waals surface area contributed by atoms with Crippen LogP contribution in [-0.4, -0.2) is 11.3 Å². The first kappa shape index (κ1) is 8.75. The number of hydrogen-bond acceptors (Lipinski definition) is 1. The molecule has 2 heteroatoms. The van der Waals surface area contributed by atoms with E-state index in [0.29, 0.717) is 0 Å². The number of H-pyrrole nitrogens is 1. The van der Waals surface area contributed by atoms with E-state index < -0.39 is 0 Å². The summed E-state index contributed by atoms with van der Waals surface area (Å²) in [6.45, 7) is 0. The van der Waals surface area contributed by atoms with Crippen molar-refractivity contribution in [1.29, 1.82) is 0 Å². The van der Waals surface area contributed by atoms with E-state index in [1.54, 1.807) is 0 Å². The number of aldehydes is 1. The third kappa shape index (κ3) is 1.59. The van der Waals surface area contributed by atoms with Crippen molar-refractivity contribution in [2.45, 2.75) is 6.42 Å². The van der Waals surface area contributed by atoms with E-state index in [9.17, 15) is 4.79 Å². The zero-order valence-electron chi connectivity index (χ0n) is 7.73. The van der Waals surface area contributed by atoms with E-state index in [4.69, 9.17) is 0 Å². The maximum atomic E-state index is 10.1. The number of nitrogens with one attached hydrogen (secondary N) is 1. The summed E-state index contributed by atoms with van der Waals surface area (Å²) in [4.78, 5) is 13.3. The van der Waals surface area contributed by atoms with Crippen LogP contribution in [-0.2, 0) is 11.2 Å². The SMILES string of the molecule is O=C/C=C/Cc1c[nH]c2ccccc12. The molecule has 70 valence electrons. The van der Waals surface area contributed by atoms with Crippen molar-refractivity contribution in [3.63, 3.8) is 0 Å². The minimum atomic E-state index is 0.794. The number of benzene rings is 1. The van der Waals surface area contributed by atoms with Crippen molar-refractivity contribution in [3.8, 4) is 0 Å². The van der Waals surface area contributed by atoms with Crippen LogP contribution in [0, 0.1) is 0 Å². The fraction of sp³-hybridized carbons (Fsp3) is 0.0833. The third-order valence-electron chi connectivity index (χ3n) is 2.23. The lowest BCUT2D eigenvalue weighted by Gasteiger charge is -1.92. The smallest absolute Gasteiger partial charge is 0.142 e. The largest absolute Gasteiger partial charge is 0.361 e. The molecule has 2 nitrogen and oxygen atoms in total. The Kier molecular flexibility index (Phi) is 2.45. The van der Waals surface area contributed by atoms with Crippen LogP contribution in [0.15, 0.2) is 42.6 Å². The molecule has 0 aliphatic heterocycles. The Bertz CT molecular complexity index is 468. The highest BCUT2D eigenvalue weighted by Crippen LogP contribution is 2.17. The fourth-order valence-corrected chi connectivity index (χ4v) is 1.55. The number of allylic oxidation sites excluding steroid dienone is 2. The highest BCUT2D eigenvalue weighted by molar-refractivity contribution is 5.83. The molecule has 1 aromatic carbocycles. The van der Waals surface area contributed by atoms with Gasteiger partial charge in [0.05, 0.1) is 0 Å². The van der Waals surface area contributed by atoms with Crippen LogP contribution < -0.4 is 0 Å². The van der Waals surface area contributed by atoms with Crippen molar-refractivity contribution >= 4 is 17.2 Å². The van der Waals surface area contributed by atoms with Crippen LogP contribution in [0.1, 0.15) is 5.56 Å². The molecule has 1 aromatic heterocycles. The Hall–Kier alpha value is -1.83. The van der Waals surface area contributed by atoms with Gasteiger partial charge in [-0.25, -0.2) is 0 Å². The molecule has 0 atom stereocenters. The van der Waals surface area contributed by atoms with Crippen molar-refractivity contribution in [2.75, 3.05) is 0 Å². The Labute approximate surface area is 82.3 Å². The predicted octanol–water partition coefficient (Wildman–Crippen LogP) is 2.47. The Morgan fingerprint density at radius 2 is 2.14 bits per heavy atom. The normalized spacial score (nSPS) is 11.1. The number of aromatic nitrogens is 1. The quantitative estimate of drug-likeness (QED) is 0.578. The summed E-state index contributed by atoms with van der Waals surface area (Å²) in [5.41, 5.74) is 2.36. The highest BCUT2D eigenvalue weighted by Gasteiger charge is 1.99. The number of carbonyl (C=O) groups is 1. The molecule has 0 amide bonds. The number of carbonyl (C=O) groups excluding carboxylic acids is 1. The standard InChI is InChI=1S/C12H11NO/c14-8-4-3-5-10-9-13-12-7-2-1-6-11(10)12/h1-4,6-9,13H,5H2/b4-3+. The summed E-state index contributed by atoms with van der Waals surface area (Å²) in [6, 6.07) is 8.14. The van der Waals surface area contributed by atoms with Crippen molar-refractivity contribution < 1.29 is 4.79 Å². The predicted molar refractivity (Wildman–Crippen MR) is 57.2 cm³/mol. The van der Waals surface area contributed by atoms with Gasteiger partial charge in [0.2, 0.25) is 0 Å². The van der Waals surface area contributed by atoms with Gasteiger partial charge in [-0.1, -0.05) is 24.3 Å². The second-order valence-corrected chi connectivity index (χ2v) is 3.13. The Morgan fingerprint density at radius 3 is 3.00 bits per heavy atom. The van der Waals surface area contributed by atoms with Gasteiger partial charge in [-0.05, 0) is 24.1 Å². The summed E-state index contributed by atoms with van der Waals surface area (Å²) in [7, 11) is 0. The molecule has 0 saturated carbocycles. The van der Waals surface area contributed by atoms with Crippen LogP contribution >= 0.6 is 0 Å². The van der Waals surface area contributed by atoms with Crippen molar-refractivity contribution in [1.82, 2.24) is 4.98 Å². The van der Waals surface area contributed by atoms with Crippen molar-refractivity contribution in [3.05, 3.63) is 48.2 Å². The first-order chi connectivity index (χ1) is 6.92. The summed E-state index contributed by atoms with van der Waals surface area (Å²) >= 11 is 0. The summed E-state index contributed by atoms with van der Waals surface area (Å²) in [6.07, 6.45) is 6.97. The Morgan fingerprint density at radius 1 is 1.29 bits per heavy atom. The summed E-state index contributed by atoms with van der Waals surface area (Å²) < 4.78 is 0. The van der Waals surface area contributed by atoms with Gasteiger partial charge in [0.25, 0.3) is 0 Å². The molecule has 0 radical (unpaired) electrons. The number of aromatic amines is 1. The molecule has 0 saturated heterocycles. The molecule has 0 unspecified atom stereocenters. The van der Waals surface area contributed by atoms with Gasteiger partial charge >= 0.3 is 0 Å². The fourth-order valence-electron chi connectivity index (χ4n) is 1.55. The first-order valence-electron chi connectivity index (χ1n) is 4.57. The molecule has 0 fully saturated rings.